The van der Waals surface area contributed by atoms with Gasteiger partial charge in [-0.1, -0.05) is 43.7 Å². The van der Waals surface area contributed by atoms with E-state index >= 15 is 0 Å². The van der Waals surface area contributed by atoms with E-state index in [0.717, 1.165) is 30.0 Å². The maximum absolute atomic E-state index is 12.4. The quantitative estimate of drug-likeness (QED) is 0.861. The molecule has 1 aromatic carbocycles. The molecule has 0 aliphatic carbocycles. The third kappa shape index (κ3) is 4.04. The van der Waals surface area contributed by atoms with Crippen molar-refractivity contribution in [2.24, 2.45) is 5.92 Å². The van der Waals surface area contributed by atoms with Gasteiger partial charge < -0.3 is 10.2 Å². The number of aromatic nitrogens is 2. The maximum Gasteiger partial charge on any atom is 0.231 e. The summed E-state index contributed by atoms with van der Waals surface area (Å²) in [6.45, 7) is 4.53. The molecule has 1 aromatic heterocycles. The lowest BCUT2D eigenvalue weighted by Gasteiger charge is -2.17. The molecule has 7 heteroatoms. The van der Waals surface area contributed by atoms with E-state index in [1.165, 1.54) is 16.9 Å². The van der Waals surface area contributed by atoms with Crippen LogP contribution >= 0.6 is 11.3 Å². The van der Waals surface area contributed by atoms with Crippen LogP contribution in [0.5, 0.6) is 0 Å². The average Bonchev–Trinajstić information content (AvgIpc) is 3.22. The Kier molecular flexibility index (Phi) is 5.43. The van der Waals surface area contributed by atoms with Gasteiger partial charge in [0.2, 0.25) is 16.9 Å². The Bertz CT molecular complexity index is 757. The Morgan fingerprint density at radius 1 is 1.28 bits per heavy atom. The van der Waals surface area contributed by atoms with E-state index in [1.807, 2.05) is 31.2 Å². The topological polar surface area (TPSA) is 75.2 Å². The van der Waals surface area contributed by atoms with Crippen molar-refractivity contribution in [3.63, 3.8) is 0 Å². The van der Waals surface area contributed by atoms with Gasteiger partial charge in [-0.3, -0.25) is 9.59 Å². The number of aryl methyl sites for hydroxylation is 2. The second-order valence-corrected chi connectivity index (χ2v) is 7.23. The van der Waals surface area contributed by atoms with Crippen LogP contribution in [0.4, 0.5) is 10.8 Å². The van der Waals surface area contributed by atoms with E-state index < -0.39 is 0 Å². The largest absolute Gasteiger partial charge is 0.312 e. The molecule has 2 heterocycles. The summed E-state index contributed by atoms with van der Waals surface area (Å²) in [5, 5.41) is 12.1. The van der Waals surface area contributed by atoms with Crippen molar-refractivity contribution >= 4 is 34.0 Å². The number of carbonyl (C=O) groups excluding carboxylic acids is 2. The highest BCUT2D eigenvalue weighted by molar-refractivity contribution is 7.15. The first-order valence-corrected chi connectivity index (χ1v) is 9.45. The fourth-order valence-electron chi connectivity index (χ4n) is 2.92. The zero-order valence-electron chi connectivity index (χ0n) is 14.5. The summed E-state index contributed by atoms with van der Waals surface area (Å²) in [5.74, 6) is -0.552. The number of hydrogen-bond donors (Lipinski definition) is 1. The second-order valence-electron chi connectivity index (χ2n) is 6.17. The summed E-state index contributed by atoms with van der Waals surface area (Å²) in [4.78, 5) is 26.4. The minimum Gasteiger partial charge on any atom is -0.312 e. The van der Waals surface area contributed by atoms with E-state index in [4.69, 9.17) is 0 Å². The maximum atomic E-state index is 12.4. The molecule has 0 bridgehead atoms. The summed E-state index contributed by atoms with van der Waals surface area (Å²) in [6, 6.07) is 8.02. The fraction of sp³-hybridized carbons (Fsp3) is 0.444. The van der Waals surface area contributed by atoms with Crippen LogP contribution in [0.15, 0.2) is 24.3 Å². The number of carbonyl (C=O) groups is 2. The minimum atomic E-state index is -0.364. The highest BCUT2D eigenvalue weighted by Gasteiger charge is 2.35. The molecule has 25 heavy (non-hydrogen) atoms. The molecule has 1 aliphatic heterocycles. The summed E-state index contributed by atoms with van der Waals surface area (Å²) < 4.78 is 0. The van der Waals surface area contributed by atoms with E-state index in [1.54, 1.807) is 4.90 Å². The summed E-state index contributed by atoms with van der Waals surface area (Å²) >= 11 is 1.37. The number of anilines is 2. The Labute approximate surface area is 151 Å². The summed E-state index contributed by atoms with van der Waals surface area (Å²) in [6.07, 6.45) is 3.13. The first kappa shape index (κ1) is 17.5. The van der Waals surface area contributed by atoms with Crippen molar-refractivity contribution in [1.29, 1.82) is 0 Å². The number of hydrogen-bond acceptors (Lipinski definition) is 5. The lowest BCUT2D eigenvalue weighted by molar-refractivity contribution is -0.122. The Morgan fingerprint density at radius 2 is 2.04 bits per heavy atom. The van der Waals surface area contributed by atoms with Gasteiger partial charge in [0.05, 0.1) is 5.92 Å². The van der Waals surface area contributed by atoms with E-state index in [0.29, 0.717) is 11.7 Å². The van der Waals surface area contributed by atoms with Gasteiger partial charge in [0.25, 0.3) is 0 Å². The van der Waals surface area contributed by atoms with E-state index in [9.17, 15) is 9.59 Å². The Balaban J connectivity index is 1.64. The van der Waals surface area contributed by atoms with Gasteiger partial charge in [-0.15, -0.1) is 10.2 Å². The zero-order valence-corrected chi connectivity index (χ0v) is 15.3. The monoisotopic (exact) mass is 358 g/mol. The molecular weight excluding hydrogens is 336 g/mol. The molecule has 2 amide bonds. The highest BCUT2D eigenvalue weighted by atomic mass is 32.1. The molecule has 1 N–H and O–H groups in total. The molecule has 0 radical (unpaired) electrons. The average molecular weight is 358 g/mol. The number of benzene rings is 1. The molecule has 0 saturated carbocycles. The second kappa shape index (κ2) is 7.74. The Hall–Kier alpha value is -2.28. The normalized spacial score (nSPS) is 17.1. The van der Waals surface area contributed by atoms with Gasteiger partial charge in [0.15, 0.2) is 0 Å². The number of rotatable bonds is 6. The lowest BCUT2D eigenvalue weighted by Crippen LogP contribution is -2.28. The van der Waals surface area contributed by atoms with Crippen LogP contribution in [0.3, 0.4) is 0 Å². The summed E-state index contributed by atoms with van der Waals surface area (Å²) in [5.41, 5.74) is 2.11. The van der Waals surface area contributed by atoms with Crippen LogP contribution in [-0.2, 0) is 22.4 Å². The van der Waals surface area contributed by atoms with Crippen LogP contribution in [-0.4, -0.2) is 28.6 Å². The highest BCUT2D eigenvalue weighted by Crippen LogP contribution is 2.27. The number of nitrogens with zero attached hydrogens (tertiary/aromatic N) is 3. The molecule has 1 fully saturated rings. The molecule has 1 aliphatic rings. The number of amides is 2. The number of nitrogens with one attached hydrogen (secondary N) is 1. The van der Waals surface area contributed by atoms with Crippen LogP contribution in [0.2, 0.25) is 0 Å². The molecule has 3 rings (SSSR count). The van der Waals surface area contributed by atoms with Crippen LogP contribution in [0.25, 0.3) is 0 Å². The summed E-state index contributed by atoms with van der Waals surface area (Å²) in [7, 11) is 0. The van der Waals surface area contributed by atoms with E-state index in [-0.39, 0.29) is 24.2 Å². The third-order valence-electron chi connectivity index (χ3n) is 4.28. The molecule has 0 unspecified atom stereocenters. The van der Waals surface area contributed by atoms with Crippen LogP contribution in [0, 0.1) is 5.92 Å². The van der Waals surface area contributed by atoms with Gasteiger partial charge in [-0.25, -0.2) is 0 Å². The first-order chi connectivity index (χ1) is 12.1. The van der Waals surface area contributed by atoms with Crippen LogP contribution in [0.1, 0.15) is 37.3 Å². The standard InChI is InChI=1S/C18H22N4O2S/c1-3-5-12-6-8-14(9-7-12)22-11-13(10-16(22)23)17(24)19-18-21-20-15(4-2)25-18/h6-9,13H,3-5,10-11H2,1-2H3,(H,19,21,24)/t13-/m0/s1. The lowest BCUT2D eigenvalue weighted by atomic mass is 10.1. The van der Waals surface area contributed by atoms with E-state index in [2.05, 4.69) is 22.4 Å². The van der Waals surface area contributed by atoms with Crippen molar-refractivity contribution < 1.29 is 9.59 Å². The van der Waals surface area contributed by atoms with Crippen LogP contribution < -0.4 is 10.2 Å². The predicted molar refractivity (Wildman–Crippen MR) is 98.8 cm³/mol. The molecule has 1 saturated heterocycles. The van der Waals surface area contributed by atoms with Crippen molar-refractivity contribution in [2.75, 3.05) is 16.8 Å². The zero-order chi connectivity index (χ0) is 17.8. The van der Waals surface area contributed by atoms with Crippen molar-refractivity contribution in [1.82, 2.24) is 10.2 Å². The minimum absolute atomic E-state index is 0.0186. The SMILES string of the molecule is CCCc1ccc(N2C[C@@H](C(=O)Nc3nnc(CC)s3)CC2=O)cc1. The van der Waals surface area contributed by atoms with Crippen molar-refractivity contribution in [2.45, 2.75) is 39.5 Å². The van der Waals surface area contributed by atoms with Gasteiger partial charge in [-0.05, 0) is 30.5 Å². The first-order valence-electron chi connectivity index (χ1n) is 8.63. The Morgan fingerprint density at radius 3 is 2.68 bits per heavy atom. The molecular formula is C18H22N4O2S. The van der Waals surface area contributed by atoms with Crippen molar-refractivity contribution in [3.8, 4) is 0 Å². The predicted octanol–water partition coefficient (Wildman–Crippen LogP) is 3.04. The van der Waals surface area contributed by atoms with Gasteiger partial charge >= 0.3 is 0 Å². The third-order valence-corrected chi connectivity index (χ3v) is 5.26. The van der Waals surface area contributed by atoms with Gasteiger partial charge in [0, 0.05) is 18.7 Å². The smallest absolute Gasteiger partial charge is 0.231 e. The van der Waals surface area contributed by atoms with Gasteiger partial charge in [-0.2, -0.15) is 0 Å². The fourth-order valence-corrected chi connectivity index (χ4v) is 3.60. The van der Waals surface area contributed by atoms with Crippen molar-refractivity contribution in [3.05, 3.63) is 34.8 Å². The molecule has 132 valence electrons. The molecule has 1 atom stereocenters. The molecule has 0 spiro atoms. The van der Waals surface area contributed by atoms with Gasteiger partial charge in [0.1, 0.15) is 5.01 Å². The molecule has 2 aromatic rings. The molecule has 6 nitrogen and oxygen atoms in total.